The summed E-state index contributed by atoms with van der Waals surface area (Å²) in [5.74, 6) is 1.69. The molecule has 0 amide bonds. The van der Waals surface area contributed by atoms with Crippen LogP contribution in [0.15, 0.2) is 47.6 Å². The molecule has 1 saturated carbocycles. The predicted molar refractivity (Wildman–Crippen MR) is 180 cm³/mol. The summed E-state index contributed by atoms with van der Waals surface area (Å²) in [5.41, 5.74) is 5.24. The van der Waals surface area contributed by atoms with Crippen molar-refractivity contribution in [3.63, 3.8) is 0 Å². The Morgan fingerprint density at radius 1 is 0.978 bits per heavy atom. The fraction of sp³-hybridized carbons (Fsp3) is 0.632. The van der Waals surface area contributed by atoms with Crippen molar-refractivity contribution >= 4 is 11.8 Å². The number of rotatable bonds is 18. The van der Waals surface area contributed by atoms with Crippen LogP contribution < -0.4 is 9.47 Å². The van der Waals surface area contributed by atoms with E-state index in [-0.39, 0.29) is 35.4 Å². The van der Waals surface area contributed by atoms with Gasteiger partial charge in [0.25, 0.3) is 0 Å². The number of hydrogen-bond acceptors (Lipinski definition) is 8. The normalized spacial score (nSPS) is 20.7. The number of carbonyl (C=O) groups excluding carboxylic acids is 2. The number of esters is 1. The lowest BCUT2D eigenvalue weighted by molar-refractivity contribution is -0.150. The van der Waals surface area contributed by atoms with Crippen LogP contribution in [0, 0.1) is 17.3 Å². The molecule has 0 radical (unpaired) electrons. The Morgan fingerprint density at radius 2 is 1.61 bits per heavy atom. The van der Waals surface area contributed by atoms with Crippen molar-refractivity contribution in [2.24, 2.45) is 17.3 Å². The minimum absolute atomic E-state index is 0.0570. The van der Waals surface area contributed by atoms with E-state index in [4.69, 9.17) is 28.4 Å². The SMILES string of the molecule is C=CCC1=C(C)C(OC(=O)C2C(C=C(C)C)C2(C)C)CC1=O.CCCCOCCOCCOCc1cc2c(cc1CCC)OCO2. The molecule has 8 heteroatoms. The molecule has 0 bridgehead atoms. The van der Waals surface area contributed by atoms with Crippen molar-refractivity contribution in [3.8, 4) is 11.5 Å². The van der Waals surface area contributed by atoms with Crippen LogP contribution in [0.4, 0.5) is 0 Å². The maximum Gasteiger partial charge on any atom is 0.310 e. The number of allylic oxidation sites excluding steroid dienone is 4. The lowest BCUT2D eigenvalue weighted by Crippen LogP contribution is -2.20. The molecule has 0 spiro atoms. The number of hydrogen-bond donors (Lipinski definition) is 0. The topological polar surface area (TPSA) is 89.5 Å². The fourth-order valence-corrected chi connectivity index (χ4v) is 5.95. The van der Waals surface area contributed by atoms with Crippen LogP contribution in [-0.4, -0.2) is 57.7 Å². The molecule has 0 aromatic heterocycles. The van der Waals surface area contributed by atoms with E-state index >= 15 is 0 Å². The van der Waals surface area contributed by atoms with Crippen LogP contribution in [0.3, 0.4) is 0 Å². The Hall–Kier alpha value is -2.94. The van der Waals surface area contributed by atoms with E-state index in [1.54, 1.807) is 6.08 Å². The van der Waals surface area contributed by atoms with Crippen LogP contribution in [0.2, 0.25) is 0 Å². The zero-order valence-electron chi connectivity index (χ0n) is 29.2. The van der Waals surface area contributed by atoms with Crippen molar-refractivity contribution in [2.75, 3.05) is 39.8 Å². The van der Waals surface area contributed by atoms with Gasteiger partial charge in [-0.15, -0.1) is 6.58 Å². The molecule has 1 heterocycles. The van der Waals surface area contributed by atoms with Gasteiger partial charge in [0.15, 0.2) is 17.3 Å². The van der Waals surface area contributed by atoms with Crippen molar-refractivity contribution in [2.45, 2.75) is 99.7 Å². The molecular weight excluding hydrogens is 584 g/mol. The van der Waals surface area contributed by atoms with Gasteiger partial charge in [-0.2, -0.15) is 0 Å². The molecular formula is C38H56O8. The molecule has 3 atom stereocenters. The van der Waals surface area contributed by atoms with Crippen LogP contribution in [0.25, 0.3) is 0 Å². The second-order valence-corrected chi connectivity index (χ2v) is 13.1. The van der Waals surface area contributed by atoms with Gasteiger partial charge >= 0.3 is 5.97 Å². The summed E-state index contributed by atoms with van der Waals surface area (Å²) in [6, 6.07) is 4.12. The minimum Gasteiger partial charge on any atom is -0.457 e. The Balaban J connectivity index is 0.000000251. The molecule has 1 aliphatic heterocycles. The van der Waals surface area contributed by atoms with E-state index in [0.717, 1.165) is 54.9 Å². The summed E-state index contributed by atoms with van der Waals surface area (Å²) in [5, 5.41) is 0. The first-order valence-corrected chi connectivity index (χ1v) is 16.9. The molecule has 3 unspecified atom stereocenters. The van der Waals surface area contributed by atoms with Gasteiger partial charge in [0.1, 0.15) is 6.10 Å². The molecule has 46 heavy (non-hydrogen) atoms. The van der Waals surface area contributed by atoms with Gasteiger partial charge in [-0.05, 0) is 80.2 Å². The number of ketones is 1. The lowest BCUT2D eigenvalue weighted by atomic mass is 10.0. The van der Waals surface area contributed by atoms with Gasteiger partial charge in [-0.25, -0.2) is 0 Å². The standard InChI is InChI=1S/C19H30O5.C19H26O3/c1-3-5-7-20-8-9-21-10-11-22-14-17-13-19-18(23-15-24-19)12-16(17)6-4-2;1-7-8-13-12(4)16(10-15(13)20)22-18(21)17-14(9-11(2)3)19(17,5)6/h12-13H,3-11,14-15H2,1-2H3;7,9,14,16-17H,1,8,10H2,2-6H3. The van der Waals surface area contributed by atoms with E-state index < -0.39 is 6.10 Å². The van der Waals surface area contributed by atoms with E-state index in [9.17, 15) is 9.59 Å². The number of fused-ring (bicyclic) bond motifs is 1. The van der Waals surface area contributed by atoms with Crippen molar-refractivity contribution in [3.05, 3.63) is 58.7 Å². The molecule has 1 aromatic rings. The van der Waals surface area contributed by atoms with Crippen LogP contribution in [-0.2, 0) is 41.6 Å². The molecule has 3 aliphatic rings. The van der Waals surface area contributed by atoms with Crippen molar-refractivity contribution in [1.29, 1.82) is 0 Å². The largest absolute Gasteiger partial charge is 0.457 e. The Kier molecular flexibility index (Phi) is 15.0. The maximum absolute atomic E-state index is 12.5. The second kappa shape index (κ2) is 18.4. The number of Topliss-reactive ketones (excluding diaryl/α,β-unsaturated/α-hetero) is 1. The molecule has 1 fully saturated rings. The average molecular weight is 641 g/mol. The highest BCUT2D eigenvalue weighted by Gasteiger charge is 2.61. The highest BCUT2D eigenvalue weighted by molar-refractivity contribution is 6.00. The summed E-state index contributed by atoms with van der Waals surface area (Å²) in [7, 11) is 0. The maximum atomic E-state index is 12.5. The smallest absolute Gasteiger partial charge is 0.310 e. The molecule has 0 saturated heterocycles. The van der Waals surface area contributed by atoms with Crippen LogP contribution in [0.5, 0.6) is 11.5 Å². The van der Waals surface area contributed by atoms with E-state index in [2.05, 4.69) is 46.4 Å². The first kappa shape index (κ1) is 37.5. The molecule has 2 aliphatic carbocycles. The molecule has 1 aromatic carbocycles. The number of unbranched alkanes of at least 4 members (excludes halogenated alkanes) is 1. The fourth-order valence-electron chi connectivity index (χ4n) is 5.95. The number of aryl methyl sites for hydroxylation is 1. The number of ether oxygens (including phenoxy) is 6. The first-order chi connectivity index (χ1) is 22.0. The van der Waals surface area contributed by atoms with Gasteiger partial charge in [-0.3, -0.25) is 9.59 Å². The Labute approximate surface area is 276 Å². The second-order valence-electron chi connectivity index (χ2n) is 13.1. The molecule has 0 N–H and O–H groups in total. The zero-order chi connectivity index (χ0) is 33.7. The summed E-state index contributed by atoms with van der Waals surface area (Å²) >= 11 is 0. The van der Waals surface area contributed by atoms with Crippen molar-refractivity contribution < 1.29 is 38.0 Å². The van der Waals surface area contributed by atoms with Gasteiger partial charge < -0.3 is 28.4 Å². The molecule has 8 nitrogen and oxygen atoms in total. The van der Waals surface area contributed by atoms with Gasteiger partial charge in [0, 0.05) is 12.2 Å². The summed E-state index contributed by atoms with van der Waals surface area (Å²) in [6.45, 7) is 22.3. The Bertz CT molecular complexity index is 1240. The highest BCUT2D eigenvalue weighted by atomic mass is 16.7. The van der Waals surface area contributed by atoms with Crippen molar-refractivity contribution in [1.82, 2.24) is 0 Å². The number of benzene rings is 1. The average Bonchev–Trinajstić information content (AvgIpc) is 3.25. The van der Waals surface area contributed by atoms with Gasteiger partial charge in [0.2, 0.25) is 6.79 Å². The zero-order valence-corrected chi connectivity index (χ0v) is 29.2. The van der Waals surface area contributed by atoms with Crippen LogP contribution in [0.1, 0.15) is 91.7 Å². The molecule has 256 valence electrons. The highest BCUT2D eigenvalue weighted by Crippen LogP contribution is 2.60. The number of carbonyl (C=O) groups is 2. The predicted octanol–water partition coefficient (Wildman–Crippen LogP) is 7.72. The first-order valence-electron chi connectivity index (χ1n) is 16.9. The Morgan fingerprint density at radius 3 is 2.22 bits per heavy atom. The minimum atomic E-state index is -0.390. The monoisotopic (exact) mass is 640 g/mol. The third kappa shape index (κ3) is 10.5. The van der Waals surface area contributed by atoms with E-state index in [1.807, 2.05) is 26.8 Å². The molecule has 4 rings (SSSR count). The van der Waals surface area contributed by atoms with Gasteiger partial charge in [0.05, 0.1) is 45.4 Å². The quantitative estimate of drug-likeness (QED) is 0.0916. The van der Waals surface area contributed by atoms with E-state index in [1.165, 1.54) is 16.7 Å². The third-order valence-corrected chi connectivity index (χ3v) is 8.81. The summed E-state index contributed by atoms with van der Waals surface area (Å²) in [4.78, 5) is 24.5. The lowest BCUT2D eigenvalue weighted by Gasteiger charge is -2.13. The van der Waals surface area contributed by atoms with E-state index in [0.29, 0.717) is 46.2 Å². The summed E-state index contributed by atoms with van der Waals surface area (Å²) in [6.07, 6.45) is 8.68. The summed E-state index contributed by atoms with van der Waals surface area (Å²) < 4.78 is 33.3. The van der Waals surface area contributed by atoms with Crippen LogP contribution >= 0.6 is 0 Å². The third-order valence-electron chi connectivity index (χ3n) is 8.81. The van der Waals surface area contributed by atoms with Gasteiger partial charge in [-0.1, -0.05) is 58.3 Å².